The van der Waals surface area contributed by atoms with Gasteiger partial charge in [0.1, 0.15) is 11.6 Å². The number of halogens is 1. The van der Waals surface area contributed by atoms with Crippen molar-refractivity contribution in [3.8, 4) is 22.6 Å². The molecule has 3 heterocycles. The second-order valence-electron chi connectivity index (χ2n) is 10.5. The molecule has 0 N–H and O–H groups in total. The zero-order chi connectivity index (χ0) is 27.1. The van der Waals surface area contributed by atoms with E-state index in [2.05, 4.69) is 24.0 Å². The largest absolute Gasteiger partial charge is 0.463 e. The molecule has 2 aliphatic carbocycles. The molecule has 0 bridgehead atoms. The number of esters is 1. The molecule has 0 radical (unpaired) electrons. The van der Waals surface area contributed by atoms with Gasteiger partial charge in [-0.25, -0.2) is 19.2 Å². The zero-order valence-corrected chi connectivity index (χ0v) is 22.1. The molecular formula is C31H29FN4O3. The van der Waals surface area contributed by atoms with E-state index >= 15 is 4.39 Å². The smallest absolute Gasteiger partial charge is 0.330 e. The number of aromatic nitrogens is 4. The van der Waals surface area contributed by atoms with Gasteiger partial charge in [0.2, 0.25) is 0 Å². The van der Waals surface area contributed by atoms with Crippen LogP contribution in [0.15, 0.2) is 59.4 Å². The number of hydrogen-bond acceptors (Lipinski definition) is 7. The Hall–Kier alpha value is -4.20. The number of benzene rings is 1. The monoisotopic (exact) mass is 524 g/mol. The second-order valence-corrected chi connectivity index (χ2v) is 10.5. The van der Waals surface area contributed by atoms with E-state index in [1.165, 1.54) is 12.1 Å². The maximum absolute atomic E-state index is 15.2. The van der Waals surface area contributed by atoms with Crippen LogP contribution < -0.4 is 0 Å². The molecule has 0 unspecified atom stereocenters. The van der Waals surface area contributed by atoms with Gasteiger partial charge in [-0.15, -0.1) is 0 Å². The molecule has 4 aromatic rings. The molecule has 39 heavy (non-hydrogen) atoms. The van der Waals surface area contributed by atoms with Crippen molar-refractivity contribution in [3.63, 3.8) is 0 Å². The first-order valence-corrected chi connectivity index (χ1v) is 13.3. The molecule has 0 amide bonds. The van der Waals surface area contributed by atoms with E-state index < -0.39 is 5.97 Å². The standard InChI is InChI=1S/C31H29FN4O3/c1-4-38-26(37)12-9-21-15-19(13-14-33-21)30-35-27(22-7-5-6-8-25(22)32)23-10-11-24-18(2)28-20(17-34-39-28)16-31(24,3)29(23)36-30/h5-9,12-15,17-18,24H,4,10-11,16H2,1-3H3/b12-9+/t18-,24-,31-/m1/s1. The molecule has 0 saturated heterocycles. The normalized spacial score (nSPS) is 21.7. The minimum Gasteiger partial charge on any atom is -0.463 e. The minimum absolute atomic E-state index is 0.185. The van der Waals surface area contributed by atoms with Gasteiger partial charge < -0.3 is 9.26 Å². The first-order chi connectivity index (χ1) is 18.9. The number of rotatable bonds is 5. The number of carbonyl (C=O) groups is 1. The van der Waals surface area contributed by atoms with Gasteiger partial charge in [-0.1, -0.05) is 31.1 Å². The minimum atomic E-state index is -0.435. The van der Waals surface area contributed by atoms with Crippen molar-refractivity contribution in [1.82, 2.24) is 20.1 Å². The highest BCUT2D eigenvalue weighted by Gasteiger charge is 2.50. The fraction of sp³-hybridized carbons (Fsp3) is 0.323. The van der Waals surface area contributed by atoms with Gasteiger partial charge in [0.05, 0.1) is 29.9 Å². The van der Waals surface area contributed by atoms with Crippen LogP contribution >= 0.6 is 0 Å². The fourth-order valence-corrected chi connectivity index (χ4v) is 6.39. The Labute approximate surface area is 226 Å². The van der Waals surface area contributed by atoms with E-state index in [1.54, 1.807) is 31.3 Å². The molecule has 198 valence electrons. The highest BCUT2D eigenvalue weighted by atomic mass is 19.1. The summed E-state index contributed by atoms with van der Waals surface area (Å²) in [7, 11) is 0. The fourth-order valence-electron chi connectivity index (χ4n) is 6.39. The van der Waals surface area contributed by atoms with Crippen molar-refractivity contribution in [3.05, 3.63) is 89.0 Å². The summed E-state index contributed by atoms with van der Waals surface area (Å²) in [4.78, 5) is 26.3. The Morgan fingerprint density at radius 1 is 1.26 bits per heavy atom. The van der Waals surface area contributed by atoms with Gasteiger partial charge in [-0.2, -0.15) is 0 Å². The van der Waals surface area contributed by atoms with Crippen LogP contribution in [0.1, 0.15) is 61.4 Å². The van der Waals surface area contributed by atoms with E-state index in [4.69, 9.17) is 19.2 Å². The highest BCUT2D eigenvalue weighted by Crippen LogP contribution is 2.54. The molecule has 6 rings (SSSR count). The van der Waals surface area contributed by atoms with Crippen LogP contribution in [0, 0.1) is 11.7 Å². The molecule has 2 aliphatic rings. The molecule has 3 aromatic heterocycles. The Morgan fingerprint density at radius 2 is 2.10 bits per heavy atom. The van der Waals surface area contributed by atoms with E-state index in [0.29, 0.717) is 35.3 Å². The number of pyridine rings is 1. The predicted octanol–water partition coefficient (Wildman–Crippen LogP) is 6.09. The van der Waals surface area contributed by atoms with Gasteiger partial charge in [0.25, 0.3) is 0 Å². The average molecular weight is 525 g/mol. The predicted molar refractivity (Wildman–Crippen MR) is 144 cm³/mol. The molecule has 3 atom stereocenters. The van der Waals surface area contributed by atoms with E-state index in [0.717, 1.165) is 47.4 Å². The van der Waals surface area contributed by atoms with E-state index in [1.807, 2.05) is 24.4 Å². The molecule has 0 saturated carbocycles. The van der Waals surface area contributed by atoms with E-state index in [9.17, 15) is 4.79 Å². The van der Waals surface area contributed by atoms with Crippen LogP contribution in [0.3, 0.4) is 0 Å². The quantitative estimate of drug-likeness (QED) is 0.230. The summed E-state index contributed by atoms with van der Waals surface area (Å²) >= 11 is 0. The number of nitrogens with zero attached hydrogens (tertiary/aromatic N) is 4. The Balaban J connectivity index is 1.52. The molecule has 1 aromatic carbocycles. The molecular weight excluding hydrogens is 495 g/mol. The number of hydrogen-bond donors (Lipinski definition) is 0. The van der Waals surface area contributed by atoms with Gasteiger partial charge in [0, 0.05) is 45.9 Å². The van der Waals surface area contributed by atoms with Crippen LogP contribution in [-0.2, 0) is 27.8 Å². The van der Waals surface area contributed by atoms with Gasteiger partial charge >= 0.3 is 5.97 Å². The third kappa shape index (κ3) is 4.33. The third-order valence-corrected chi connectivity index (χ3v) is 8.17. The highest BCUT2D eigenvalue weighted by molar-refractivity contribution is 5.87. The molecule has 0 spiro atoms. The van der Waals surface area contributed by atoms with Crippen LogP contribution in [0.5, 0.6) is 0 Å². The Kier molecular flexibility index (Phi) is 6.33. The molecule has 8 heteroatoms. The van der Waals surface area contributed by atoms with Gasteiger partial charge in [-0.05, 0) is 62.4 Å². The zero-order valence-electron chi connectivity index (χ0n) is 22.1. The lowest BCUT2D eigenvalue weighted by molar-refractivity contribution is -0.137. The summed E-state index contributed by atoms with van der Waals surface area (Å²) in [6.07, 6.45) is 8.83. The van der Waals surface area contributed by atoms with Crippen molar-refractivity contribution in [2.24, 2.45) is 5.92 Å². The van der Waals surface area contributed by atoms with Crippen molar-refractivity contribution in [2.45, 2.75) is 51.4 Å². The topological polar surface area (TPSA) is 91.0 Å². The summed E-state index contributed by atoms with van der Waals surface area (Å²) in [5, 5.41) is 4.09. The summed E-state index contributed by atoms with van der Waals surface area (Å²) in [5.41, 5.74) is 5.11. The number of carbonyl (C=O) groups excluding carboxylic acids is 1. The number of ether oxygens (including phenoxy) is 1. The lowest BCUT2D eigenvalue weighted by Gasteiger charge is -2.47. The van der Waals surface area contributed by atoms with Crippen molar-refractivity contribution < 1.29 is 18.4 Å². The van der Waals surface area contributed by atoms with Crippen molar-refractivity contribution >= 4 is 12.0 Å². The number of fused-ring (bicyclic) bond motifs is 4. The van der Waals surface area contributed by atoms with Gasteiger partial charge in [-0.3, -0.25) is 4.98 Å². The maximum atomic E-state index is 15.2. The molecule has 0 fully saturated rings. The summed E-state index contributed by atoms with van der Waals surface area (Å²) in [6.45, 7) is 6.51. The Bertz CT molecular complexity index is 1600. The summed E-state index contributed by atoms with van der Waals surface area (Å²) in [6, 6.07) is 10.4. The Morgan fingerprint density at radius 3 is 2.92 bits per heavy atom. The lowest BCUT2D eigenvalue weighted by atomic mass is 9.56. The van der Waals surface area contributed by atoms with Gasteiger partial charge in [0.15, 0.2) is 5.82 Å². The van der Waals surface area contributed by atoms with Crippen LogP contribution in [-0.4, -0.2) is 32.7 Å². The van der Waals surface area contributed by atoms with Crippen molar-refractivity contribution in [2.75, 3.05) is 6.61 Å². The first-order valence-electron chi connectivity index (χ1n) is 13.3. The SMILES string of the molecule is CCOC(=O)/C=C/c1cc(-c2nc(-c3ccccc3F)c3c(n2)[C@]2(C)Cc4cnoc4[C@H](C)[C@H]2CC3)ccn1. The van der Waals surface area contributed by atoms with E-state index in [-0.39, 0.29) is 17.2 Å². The summed E-state index contributed by atoms with van der Waals surface area (Å²) in [5.74, 6) is 1.17. The third-order valence-electron chi connectivity index (χ3n) is 8.17. The molecule has 0 aliphatic heterocycles. The van der Waals surface area contributed by atoms with Crippen LogP contribution in [0.4, 0.5) is 4.39 Å². The average Bonchev–Trinajstić information content (AvgIpc) is 3.40. The van der Waals surface area contributed by atoms with Crippen LogP contribution in [0.2, 0.25) is 0 Å². The van der Waals surface area contributed by atoms with Crippen molar-refractivity contribution in [1.29, 1.82) is 0 Å². The lowest BCUT2D eigenvalue weighted by Crippen LogP contribution is -2.45. The molecule has 7 nitrogen and oxygen atoms in total. The second kappa shape index (κ2) is 9.84. The first kappa shape index (κ1) is 25.1. The summed E-state index contributed by atoms with van der Waals surface area (Å²) < 4.78 is 25.8. The maximum Gasteiger partial charge on any atom is 0.330 e. The van der Waals surface area contributed by atoms with Crippen LogP contribution in [0.25, 0.3) is 28.7 Å².